The number of nitrogens with zero attached hydrogens (tertiary/aromatic N) is 4. The summed E-state index contributed by atoms with van der Waals surface area (Å²) in [7, 11) is 1.69. The van der Waals surface area contributed by atoms with Gasteiger partial charge in [0.05, 0.1) is 30.5 Å². The quantitative estimate of drug-likeness (QED) is 0.697. The van der Waals surface area contributed by atoms with Gasteiger partial charge < -0.3 is 20.1 Å². The highest BCUT2D eigenvalue weighted by Gasteiger charge is 2.39. The molecule has 2 bridgehead atoms. The van der Waals surface area contributed by atoms with Gasteiger partial charge >= 0.3 is 0 Å². The maximum atomic E-state index is 12.2. The van der Waals surface area contributed by atoms with Crippen molar-refractivity contribution < 1.29 is 14.6 Å². The minimum absolute atomic E-state index is 0.102. The summed E-state index contributed by atoms with van der Waals surface area (Å²) in [5, 5.41) is 18.3. The number of methoxy groups -OCH3 is 1. The summed E-state index contributed by atoms with van der Waals surface area (Å²) in [6, 6.07) is 2.87. The van der Waals surface area contributed by atoms with E-state index in [9.17, 15) is 9.90 Å². The van der Waals surface area contributed by atoms with E-state index in [0.717, 1.165) is 50.5 Å². The lowest BCUT2D eigenvalue weighted by molar-refractivity contribution is -0.131. The second-order valence-corrected chi connectivity index (χ2v) is 9.99. The van der Waals surface area contributed by atoms with Crippen LogP contribution in [0.25, 0.3) is 11.1 Å². The van der Waals surface area contributed by atoms with E-state index >= 15 is 0 Å². The van der Waals surface area contributed by atoms with Gasteiger partial charge in [-0.15, -0.1) is 5.10 Å². The number of carbonyl (C=O) groups is 1. The summed E-state index contributed by atoms with van der Waals surface area (Å²) in [5.74, 6) is 1.13. The molecule has 2 fully saturated rings. The zero-order valence-corrected chi connectivity index (χ0v) is 19.8. The van der Waals surface area contributed by atoms with Gasteiger partial charge in [-0.2, -0.15) is 0 Å². The molecule has 5 rings (SSSR count). The van der Waals surface area contributed by atoms with Gasteiger partial charge in [0.1, 0.15) is 0 Å². The SMILES string of the molecule is COC[C@H](C)Nc1ncc2c(C3=C[C@H]4CCC(C3)N4C(C)=O)cc([C@H]3CC[C@H](O)CC3)n2n1. The summed E-state index contributed by atoms with van der Waals surface area (Å²) in [6.07, 6.45) is 10.6. The molecule has 2 aromatic rings. The van der Waals surface area contributed by atoms with Crippen molar-refractivity contribution in [2.75, 3.05) is 19.0 Å². The smallest absolute Gasteiger partial charge is 0.241 e. The first-order valence-corrected chi connectivity index (χ1v) is 12.3. The molecule has 1 saturated carbocycles. The molecule has 2 aliphatic heterocycles. The van der Waals surface area contributed by atoms with E-state index in [0.29, 0.717) is 18.5 Å². The van der Waals surface area contributed by atoms with Crippen LogP contribution in [0.1, 0.15) is 76.0 Å². The minimum Gasteiger partial charge on any atom is -0.393 e. The Hall–Kier alpha value is -2.45. The summed E-state index contributed by atoms with van der Waals surface area (Å²) in [5.41, 5.74) is 4.70. The molecule has 2 N–H and O–H groups in total. The lowest BCUT2D eigenvalue weighted by atomic mass is 9.85. The molecule has 8 nitrogen and oxygen atoms in total. The number of anilines is 1. The molecule has 3 atom stereocenters. The predicted octanol–water partition coefficient (Wildman–Crippen LogP) is 3.36. The van der Waals surface area contributed by atoms with Crippen LogP contribution in [0.3, 0.4) is 0 Å². The highest BCUT2D eigenvalue weighted by Crippen LogP contribution is 2.42. The zero-order chi connectivity index (χ0) is 23.1. The molecule has 0 spiro atoms. The van der Waals surface area contributed by atoms with Gasteiger partial charge in [-0.1, -0.05) is 6.08 Å². The van der Waals surface area contributed by atoms with Crippen LogP contribution in [-0.4, -0.2) is 68.5 Å². The first-order valence-electron chi connectivity index (χ1n) is 12.3. The highest BCUT2D eigenvalue weighted by molar-refractivity contribution is 5.83. The first-order chi connectivity index (χ1) is 15.9. The first kappa shape index (κ1) is 22.3. The van der Waals surface area contributed by atoms with E-state index in [4.69, 9.17) is 9.84 Å². The summed E-state index contributed by atoms with van der Waals surface area (Å²) in [6.45, 7) is 4.31. The number of carbonyl (C=O) groups excluding carboxylic acids is 1. The number of aromatic nitrogens is 3. The van der Waals surface area contributed by atoms with Crippen LogP contribution in [0.15, 0.2) is 18.3 Å². The molecule has 0 radical (unpaired) electrons. The van der Waals surface area contributed by atoms with Crippen LogP contribution in [0, 0.1) is 0 Å². The van der Waals surface area contributed by atoms with E-state index in [1.54, 1.807) is 14.0 Å². The van der Waals surface area contributed by atoms with E-state index in [1.165, 1.54) is 16.8 Å². The molecule has 1 saturated heterocycles. The summed E-state index contributed by atoms with van der Waals surface area (Å²) >= 11 is 0. The third-order valence-corrected chi connectivity index (χ3v) is 7.56. The number of hydrogen-bond donors (Lipinski definition) is 2. The van der Waals surface area contributed by atoms with E-state index < -0.39 is 0 Å². The molecular weight excluding hydrogens is 418 g/mol. The summed E-state index contributed by atoms with van der Waals surface area (Å²) in [4.78, 5) is 18.8. The lowest BCUT2D eigenvalue weighted by Gasteiger charge is -2.33. The highest BCUT2D eigenvalue weighted by atomic mass is 16.5. The van der Waals surface area contributed by atoms with E-state index in [1.807, 2.05) is 13.1 Å². The Morgan fingerprint density at radius 3 is 2.76 bits per heavy atom. The predicted molar refractivity (Wildman–Crippen MR) is 127 cm³/mol. The Kier molecular flexibility index (Phi) is 6.14. The van der Waals surface area contributed by atoms with Crippen molar-refractivity contribution in [1.29, 1.82) is 0 Å². The Bertz CT molecular complexity index is 1060. The normalized spacial score (nSPS) is 28.1. The van der Waals surface area contributed by atoms with Crippen molar-refractivity contribution >= 4 is 22.9 Å². The molecule has 4 heterocycles. The minimum atomic E-state index is -0.192. The second-order valence-electron chi connectivity index (χ2n) is 9.99. The van der Waals surface area contributed by atoms with Crippen molar-refractivity contribution in [3.05, 3.63) is 29.6 Å². The monoisotopic (exact) mass is 453 g/mol. The largest absolute Gasteiger partial charge is 0.393 e. The van der Waals surface area contributed by atoms with Crippen LogP contribution in [0.2, 0.25) is 0 Å². The van der Waals surface area contributed by atoms with Crippen LogP contribution in [0.5, 0.6) is 0 Å². The summed E-state index contributed by atoms with van der Waals surface area (Å²) < 4.78 is 7.31. The van der Waals surface area contributed by atoms with Crippen molar-refractivity contribution in [1.82, 2.24) is 19.5 Å². The molecule has 178 valence electrons. The topological polar surface area (TPSA) is 92.0 Å². The maximum absolute atomic E-state index is 12.2. The molecular formula is C25H35N5O3. The van der Waals surface area contributed by atoms with Crippen molar-refractivity contribution in [2.24, 2.45) is 0 Å². The standard InChI is InChI=1S/C25H35N5O3/c1-15(14-33-3)27-25-26-13-24-22(18-10-19-6-7-20(11-18)29(19)16(2)31)12-23(30(24)28-25)17-4-8-21(32)9-5-17/h10,12-13,15,17,19-21,32H,4-9,11,14H2,1-3H3,(H,27,28)/t15-,17-,19+,20?,21-/m0/s1. The van der Waals surface area contributed by atoms with E-state index in [-0.39, 0.29) is 30.1 Å². The van der Waals surface area contributed by atoms with Crippen LogP contribution in [0.4, 0.5) is 5.95 Å². The number of fused-ring (bicyclic) bond motifs is 3. The van der Waals surface area contributed by atoms with Crippen molar-refractivity contribution in [2.45, 2.75) is 88.9 Å². The molecule has 33 heavy (non-hydrogen) atoms. The van der Waals surface area contributed by atoms with Gasteiger partial charge in [-0.3, -0.25) is 4.79 Å². The second kappa shape index (κ2) is 9.06. The van der Waals surface area contributed by atoms with Gasteiger partial charge in [-0.25, -0.2) is 9.50 Å². The molecule has 2 aromatic heterocycles. The molecule has 1 aliphatic carbocycles. The van der Waals surface area contributed by atoms with E-state index in [2.05, 4.69) is 31.9 Å². The van der Waals surface area contributed by atoms with Crippen LogP contribution in [-0.2, 0) is 9.53 Å². The Morgan fingerprint density at radius 1 is 1.27 bits per heavy atom. The Labute approximate surface area is 195 Å². The van der Waals surface area contributed by atoms with Crippen LogP contribution < -0.4 is 5.32 Å². The number of ether oxygens (including phenoxy) is 1. The fourth-order valence-electron chi connectivity index (χ4n) is 6.03. The van der Waals surface area contributed by atoms with Crippen molar-refractivity contribution in [3.63, 3.8) is 0 Å². The molecule has 3 aliphatic rings. The van der Waals surface area contributed by atoms with Gasteiger partial charge in [0.15, 0.2) is 0 Å². The molecule has 0 aromatic carbocycles. The van der Waals surface area contributed by atoms with Crippen LogP contribution >= 0.6 is 0 Å². The number of aliphatic hydroxyl groups excluding tert-OH is 1. The third-order valence-electron chi connectivity index (χ3n) is 7.56. The average Bonchev–Trinajstić information content (AvgIpc) is 3.29. The Morgan fingerprint density at radius 2 is 2.06 bits per heavy atom. The fourth-order valence-corrected chi connectivity index (χ4v) is 6.03. The number of nitrogens with one attached hydrogen (secondary N) is 1. The number of rotatable bonds is 6. The van der Waals surface area contributed by atoms with Gasteiger partial charge in [-0.05, 0) is 63.5 Å². The van der Waals surface area contributed by atoms with Crippen molar-refractivity contribution in [3.8, 4) is 0 Å². The number of hydrogen-bond acceptors (Lipinski definition) is 6. The molecule has 1 amide bonds. The Balaban J connectivity index is 1.54. The average molecular weight is 454 g/mol. The lowest BCUT2D eigenvalue weighted by Crippen LogP contribution is -2.41. The zero-order valence-electron chi connectivity index (χ0n) is 19.8. The molecule has 1 unspecified atom stereocenters. The molecule has 8 heteroatoms. The number of aliphatic hydroxyl groups is 1. The van der Waals surface area contributed by atoms with Gasteiger partial charge in [0.2, 0.25) is 11.9 Å². The maximum Gasteiger partial charge on any atom is 0.241 e. The van der Waals surface area contributed by atoms with Gasteiger partial charge in [0, 0.05) is 43.3 Å². The number of amides is 1. The van der Waals surface area contributed by atoms with Gasteiger partial charge in [0.25, 0.3) is 0 Å². The fraction of sp³-hybridized carbons (Fsp3) is 0.640. The third kappa shape index (κ3) is 4.26.